The third kappa shape index (κ3) is 3.66. The van der Waals surface area contributed by atoms with Crippen molar-refractivity contribution in [1.29, 1.82) is 0 Å². The molecular formula is C19H21N3O2S. The van der Waals surface area contributed by atoms with E-state index in [9.17, 15) is 4.79 Å². The number of carbonyl (C=O) groups is 1. The fourth-order valence-electron chi connectivity index (χ4n) is 3.11. The molecule has 2 aromatic heterocycles. The third-order valence-electron chi connectivity index (χ3n) is 4.50. The molecule has 1 aliphatic rings. The predicted octanol–water partition coefficient (Wildman–Crippen LogP) is 2.82. The Hall–Kier alpha value is -2.02. The van der Waals surface area contributed by atoms with Crippen molar-refractivity contribution in [2.24, 2.45) is 0 Å². The number of benzene rings is 1. The molecule has 0 unspecified atom stereocenters. The Kier molecular flexibility index (Phi) is 4.65. The Balaban J connectivity index is 1.46. The van der Waals surface area contributed by atoms with Gasteiger partial charge in [0.2, 0.25) is 0 Å². The molecule has 6 heteroatoms. The average Bonchev–Trinajstić information content (AvgIpc) is 3.03. The Morgan fingerprint density at radius 1 is 1.24 bits per heavy atom. The lowest BCUT2D eigenvalue weighted by Gasteiger charge is -2.26. The van der Waals surface area contributed by atoms with Crippen molar-refractivity contribution in [2.45, 2.75) is 6.92 Å². The fraction of sp³-hybridized carbons (Fsp3) is 0.368. The summed E-state index contributed by atoms with van der Waals surface area (Å²) in [6.45, 7) is 7.03. The predicted molar refractivity (Wildman–Crippen MR) is 101 cm³/mol. The minimum Gasteiger partial charge on any atom is -0.379 e. The molecule has 0 saturated carbocycles. The lowest BCUT2D eigenvalue weighted by atomic mass is 10.1. The van der Waals surface area contributed by atoms with Gasteiger partial charge in [-0.05, 0) is 31.2 Å². The van der Waals surface area contributed by atoms with E-state index in [0.29, 0.717) is 6.54 Å². The van der Waals surface area contributed by atoms with Gasteiger partial charge in [0, 0.05) is 37.0 Å². The van der Waals surface area contributed by atoms with Gasteiger partial charge in [0.15, 0.2) is 0 Å². The van der Waals surface area contributed by atoms with Crippen molar-refractivity contribution in [1.82, 2.24) is 15.2 Å². The molecule has 4 rings (SSSR count). The molecule has 1 N–H and O–H groups in total. The summed E-state index contributed by atoms with van der Waals surface area (Å²) in [7, 11) is 0. The van der Waals surface area contributed by atoms with Crippen LogP contribution < -0.4 is 5.32 Å². The standard InChI is InChI=1S/C19H21N3O2S/c1-13-2-3-16-14(10-13)11-15-12-17(25-19(15)21-16)18(23)20-4-5-22-6-8-24-9-7-22/h2-3,10-12H,4-9H2,1H3,(H,20,23). The Morgan fingerprint density at radius 2 is 2.08 bits per heavy atom. The number of aromatic nitrogens is 1. The van der Waals surface area contributed by atoms with E-state index in [1.165, 1.54) is 16.9 Å². The van der Waals surface area contributed by atoms with Crippen LogP contribution in [0.25, 0.3) is 21.1 Å². The maximum Gasteiger partial charge on any atom is 0.261 e. The van der Waals surface area contributed by atoms with Crippen molar-refractivity contribution < 1.29 is 9.53 Å². The van der Waals surface area contributed by atoms with Gasteiger partial charge in [0.25, 0.3) is 5.91 Å². The molecular weight excluding hydrogens is 334 g/mol. The number of fused-ring (bicyclic) bond motifs is 2. The highest BCUT2D eigenvalue weighted by atomic mass is 32.1. The number of pyridine rings is 1. The van der Waals surface area contributed by atoms with Crippen molar-refractivity contribution in [3.05, 3.63) is 40.8 Å². The highest BCUT2D eigenvalue weighted by Crippen LogP contribution is 2.27. The Morgan fingerprint density at radius 3 is 2.92 bits per heavy atom. The molecule has 0 bridgehead atoms. The van der Waals surface area contributed by atoms with Crippen LogP contribution in [-0.2, 0) is 4.74 Å². The molecule has 5 nitrogen and oxygen atoms in total. The lowest BCUT2D eigenvalue weighted by Crippen LogP contribution is -2.41. The maximum absolute atomic E-state index is 12.4. The molecule has 0 radical (unpaired) electrons. The number of thiophene rings is 1. The molecule has 0 atom stereocenters. The number of hydrogen-bond acceptors (Lipinski definition) is 5. The molecule has 0 spiro atoms. The van der Waals surface area contributed by atoms with Crippen LogP contribution in [-0.4, -0.2) is 55.2 Å². The Labute approximate surface area is 150 Å². The van der Waals surface area contributed by atoms with Gasteiger partial charge >= 0.3 is 0 Å². The van der Waals surface area contributed by atoms with Gasteiger partial charge < -0.3 is 10.1 Å². The number of rotatable bonds is 4. The minimum absolute atomic E-state index is 0.0171. The summed E-state index contributed by atoms with van der Waals surface area (Å²) < 4.78 is 5.34. The van der Waals surface area contributed by atoms with Crippen molar-refractivity contribution in [3.8, 4) is 0 Å². The first-order valence-electron chi connectivity index (χ1n) is 8.58. The van der Waals surface area contributed by atoms with Crippen LogP contribution in [0.3, 0.4) is 0 Å². The molecule has 1 aromatic carbocycles. The van der Waals surface area contributed by atoms with E-state index in [1.54, 1.807) is 0 Å². The number of amides is 1. The van der Waals surface area contributed by atoms with Gasteiger partial charge in [0.05, 0.1) is 23.6 Å². The molecule has 3 aromatic rings. The smallest absolute Gasteiger partial charge is 0.261 e. The molecule has 3 heterocycles. The first kappa shape index (κ1) is 16.4. The number of hydrogen-bond donors (Lipinski definition) is 1. The van der Waals surface area contributed by atoms with Crippen LogP contribution in [0.5, 0.6) is 0 Å². The lowest BCUT2D eigenvalue weighted by molar-refractivity contribution is 0.0383. The zero-order chi connectivity index (χ0) is 17.2. The van der Waals surface area contributed by atoms with E-state index in [1.807, 2.05) is 12.1 Å². The topological polar surface area (TPSA) is 54.5 Å². The maximum atomic E-state index is 12.4. The second kappa shape index (κ2) is 7.07. The summed E-state index contributed by atoms with van der Waals surface area (Å²) >= 11 is 1.45. The van der Waals surface area contributed by atoms with E-state index >= 15 is 0 Å². The molecule has 25 heavy (non-hydrogen) atoms. The van der Waals surface area contributed by atoms with Gasteiger partial charge in [-0.2, -0.15) is 0 Å². The average molecular weight is 355 g/mol. The van der Waals surface area contributed by atoms with Crippen molar-refractivity contribution in [3.63, 3.8) is 0 Å². The Bertz CT molecular complexity index is 916. The number of morpholine rings is 1. The highest BCUT2D eigenvalue weighted by molar-refractivity contribution is 7.20. The number of ether oxygens (including phenoxy) is 1. The minimum atomic E-state index is -0.0171. The molecule has 130 valence electrons. The summed E-state index contributed by atoms with van der Waals surface area (Å²) in [5.74, 6) is -0.0171. The number of nitrogens with zero attached hydrogens (tertiary/aromatic N) is 2. The summed E-state index contributed by atoms with van der Waals surface area (Å²) in [6.07, 6.45) is 0. The van der Waals surface area contributed by atoms with Gasteiger partial charge in [-0.1, -0.05) is 11.6 Å². The zero-order valence-corrected chi connectivity index (χ0v) is 15.1. The first-order chi connectivity index (χ1) is 12.2. The van der Waals surface area contributed by atoms with Gasteiger partial charge in [-0.15, -0.1) is 11.3 Å². The third-order valence-corrected chi connectivity index (χ3v) is 5.54. The van der Waals surface area contributed by atoms with E-state index in [0.717, 1.165) is 58.8 Å². The number of aryl methyl sites for hydroxylation is 1. The van der Waals surface area contributed by atoms with E-state index < -0.39 is 0 Å². The second-order valence-electron chi connectivity index (χ2n) is 6.40. The normalized spacial score (nSPS) is 15.7. The largest absolute Gasteiger partial charge is 0.379 e. The summed E-state index contributed by atoms with van der Waals surface area (Å²) in [4.78, 5) is 21.1. The quantitative estimate of drug-likeness (QED) is 0.782. The van der Waals surface area contributed by atoms with Crippen LogP contribution in [0, 0.1) is 6.92 Å². The summed E-state index contributed by atoms with van der Waals surface area (Å²) in [5.41, 5.74) is 2.18. The van der Waals surface area contributed by atoms with Crippen LogP contribution in [0.15, 0.2) is 30.3 Å². The number of nitrogens with one attached hydrogen (secondary N) is 1. The summed E-state index contributed by atoms with van der Waals surface area (Å²) in [5, 5.41) is 5.16. The van der Waals surface area contributed by atoms with E-state index in [4.69, 9.17) is 9.72 Å². The van der Waals surface area contributed by atoms with Gasteiger partial charge in [-0.25, -0.2) is 4.98 Å². The molecule has 0 aliphatic carbocycles. The number of carbonyl (C=O) groups excluding carboxylic acids is 1. The highest BCUT2D eigenvalue weighted by Gasteiger charge is 2.13. The van der Waals surface area contributed by atoms with Crippen LogP contribution in [0.4, 0.5) is 0 Å². The van der Waals surface area contributed by atoms with Crippen molar-refractivity contribution >= 4 is 38.4 Å². The summed E-state index contributed by atoms with van der Waals surface area (Å²) in [6, 6.07) is 10.3. The van der Waals surface area contributed by atoms with Crippen LogP contribution >= 0.6 is 11.3 Å². The monoisotopic (exact) mass is 355 g/mol. The van der Waals surface area contributed by atoms with Crippen LogP contribution in [0.2, 0.25) is 0 Å². The zero-order valence-electron chi connectivity index (χ0n) is 14.2. The van der Waals surface area contributed by atoms with Crippen molar-refractivity contribution in [2.75, 3.05) is 39.4 Å². The molecule has 1 amide bonds. The molecule has 1 aliphatic heterocycles. The molecule has 1 fully saturated rings. The second-order valence-corrected chi connectivity index (χ2v) is 7.43. The van der Waals surface area contributed by atoms with Gasteiger partial charge in [-0.3, -0.25) is 9.69 Å². The molecule has 1 saturated heterocycles. The van der Waals surface area contributed by atoms with Gasteiger partial charge in [0.1, 0.15) is 4.83 Å². The van der Waals surface area contributed by atoms with E-state index in [-0.39, 0.29) is 5.91 Å². The fourth-order valence-corrected chi connectivity index (χ4v) is 4.04. The van der Waals surface area contributed by atoms with Crippen LogP contribution in [0.1, 0.15) is 15.2 Å². The SMILES string of the molecule is Cc1ccc2nc3sc(C(=O)NCCN4CCOCC4)cc3cc2c1. The first-order valence-corrected chi connectivity index (χ1v) is 9.40. The van der Waals surface area contributed by atoms with E-state index in [2.05, 4.69) is 35.3 Å².